The Hall–Kier alpha value is -1.76. The highest BCUT2D eigenvalue weighted by molar-refractivity contribution is 5.96. The second-order valence-corrected chi connectivity index (χ2v) is 5.52. The summed E-state index contributed by atoms with van der Waals surface area (Å²) in [5.41, 5.74) is 0.825. The number of likely N-dealkylation sites (tertiary alicyclic amines) is 1. The van der Waals surface area contributed by atoms with Gasteiger partial charge in [-0.2, -0.15) is 0 Å². The first kappa shape index (κ1) is 13.2. The minimum absolute atomic E-state index is 0.0820. The van der Waals surface area contributed by atoms with E-state index in [1.807, 2.05) is 0 Å². The molecule has 2 aliphatic rings. The van der Waals surface area contributed by atoms with Gasteiger partial charge in [0.25, 0.3) is 5.91 Å². The largest absolute Gasteiger partial charge is 0.311 e. The Balaban J connectivity index is 1.48. The van der Waals surface area contributed by atoms with E-state index in [9.17, 15) is 9.59 Å². The van der Waals surface area contributed by atoms with Crippen molar-refractivity contribution in [3.63, 3.8) is 0 Å². The molecular formula is C13H19N5O2. The van der Waals surface area contributed by atoms with Gasteiger partial charge in [-0.25, -0.2) is 4.68 Å². The van der Waals surface area contributed by atoms with Crippen LogP contribution >= 0.6 is 0 Å². The van der Waals surface area contributed by atoms with Crippen LogP contribution in [0.2, 0.25) is 0 Å². The van der Waals surface area contributed by atoms with E-state index in [1.165, 1.54) is 22.4 Å². The first-order chi connectivity index (χ1) is 9.72. The zero-order valence-electron chi connectivity index (χ0n) is 11.4. The topological polar surface area (TPSA) is 80.1 Å². The number of amides is 2. The van der Waals surface area contributed by atoms with Crippen molar-refractivity contribution in [1.29, 1.82) is 0 Å². The lowest BCUT2D eigenvalue weighted by molar-refractivity contribution is -0.142. The van der Waals surface area contributed by atoms with Gasteiger partial charge in [-0.15, -0.1) is 5.10 Å². The maximum Gasteiger partial charge on any atom is 0.250 e. The number of carbonyl (C=O) groups excluding carboxylic acids is 2. The quantitative estimate of drug-likeness (QED) is 0.787. The average molecular weight is 277 g/mol. The van der Waals surface area contributed by atoms with Gasteiger partial charge in [-0.1, -0.05) is 5.21 Å². The minimum atomic E-state index is -0.199. The minimum Gasteiger partial charge on any atom is -0.311 e. The van der Waals surface area contributed by atoms with E-state index in [2.05, 4.69) is 15.6 Å². The number of hydrogen-bond acceptors (Lipinski definition) is 5. The van der Waals surface area contributed by atoms with Crippen molar-refractivity contribution in [2.24, 2.45) is 5.92 Å². The monoisotopic (exact) mass is 277 g/mol. The molecule has 1 saturated heterocycles. The molecule has 7 nitrogen and oxygen atoms in total. The molecular weight excluding hydrogens is 258 g/mol. The Morgan fingerprint density at radius 2 is 2.30 bits per heavy atom. The maximum atomic E-state index is 11.9. The molecule has 108 valence electrons. The van der Waals surface area contributed by atoms with Gasteiger partial charge in [0.2, 0.25) is 5.91 Å². The molecule has 1 aliphatic carbocycles. The fraction of sp³-hybridized carbons (Fsp3) is 0.692. The summed E-state index contributed by atoms with van der Waals surface area (Å²) >= 11 is 0. The molecule has 0 spiro atoms. The van der Waals surface area contributed by atoms with Gasteiger partial charge in [0.15, 0.2) is 0 Å². The summed E-state index contributed by atoms with van der Waals surface area (Å²) in [4.78, 5) is 24.7. The van der Waals surface area contributed by atoms with Gasteiger partial charge in [-0.3, -0.25) is 14.5 Å². The molecule has 7 heteroatoms. The van der Waals surface area contributed by atoms with Gasteiger partial charge < -0.3 is 5.32 Å². The van der Waals surface area contributed by atoms with Crippen LogP contribution in [0.4, 0.5) is 0 Å². The summed E-state index contributed by atoms with van der Waals surface area (Å²) in [6.45, 7) is 2.31. The van der Waals surface area contributed by atoms with Crippen molar-refractivity contribution < 1.29 is 9.59 Å². The molecule has 2 fully saturated rings. The third kappa shape index (κ3) is 3.22. The number of rotatable bonds is 6. The van der Waals surface area contributed by atoms with Gasteiger partial charge in [0.1, 0.15) is 6.54 Å². The lowest BCUT2D eigenvalue weighted by Crippen LogP contribution is -2.34. The van der Waals surface area contributed by atoms with Gasteiger partial charge in [0, 0.05) is 19.5 Å². The Kier molecular flexibility index (Phi) is 3.77. The highest BCUT2D eigenvalue weighted by atomic mass is 16.2. The number of imide groups is 1. The van der Waals surface area contributed by atoms with Crippen LogP contribution in [0, 0.1) is 5.92 Å². The van der Waals surface area contributed by atoms with Crippen LogP contribution in [0.15, 0.2) is 6.20 Å². The first-order valence-electron chi connectivity index (χ1n) is 7.15. The normalized spacial score (nSPS) is 18.8. The second kappa shape index (κ2) is 5.70. The molecule has 0 bridgehead atoms. The highest BCUT2D eigenvalue weighted by Gasteiger charge is 2.26. The molecule has 1 saturated carbocycles. The summed E-state index contributed by atoms with van der Waals surface area (Å²) in [5, 5.41) is 11.3. The molecule has 0 atom stereocenters. The fourth-order valence-electron chi connectivity index (χ4n) is 2.36. The van der Waals surface area contributed by atoms with E-state index in [0.717, 1.165) is 24.6 Å². The number of nitrogens with one attached hydrogen (secondary N) is 1. The van der Waals surface area contributed by atoms with Gasteiger partial charge >= 0.3 is 0 Å². The van der Waals surface area contributed by atoms with Crippen molar-refractivity contribution in [2.45, 2.75) is 38.8 Å². The summed E-state index contributed by atoms with van der Waals surface area (Å²) in [6.07, 6.45) is 5.63. The molecule has 20 heavy (non-hydrogen) atoms. The SMILES string of the molecule is O=C1CCCN1C(=O)Cn1cc(CNCC2CC2)nn1. The third-order valence-electron chi connectivity index (χ3n) is 3.69. The molecule has 2 heterocycles. The van der Waals surface area contributed by atoms with E-state index in [1.54, 1.807) is 6.20 Å². The molecule has 2 amide bonds. The van der Waals surface area contributed by atoms with Crippen molar-refractivity contribution in [3.8, 4) is 0 Å². The van der Waals surface area contributed by atoms with E-state index < -0.39 is 0 Å². The van der Waals surface area contributed by atoms with Crippen molar-refractivity contribution in [1.82, 2.24) is 25.2 Å². The molecule has 3 rings (SSSR count). The zero-order valence-corrected chi connectivity index (χ0v) is 11.4. The molecule has 0 aromatic carbocycles. The predicted molar refractivity (Wildman–Crippen MR) is 70.4 cm³/mol. The Morgan fingerprint density at radius 1 is 1.45 bits per heavy atom. The third-order valence-corrected chi connectivity index (χ3v) is 3.69. The Morgan fingerprint density at radius 3 is 3.00 bits per heavy atom. The summed E-state index contributed by atoms with van der Waals surface area (Å²) in [6, 6.07) is 0. The number of nitrogens with zero attached hydrogens (tertiary/aromatic N) is 4. The van der Waals surface area contributed by atoms with E-state index in [4.69, 9.17) is 0 Å². The lowest BCUT2D eigenvalue weighted by atomic mass is 10.4. The predicted octanol–water partition coefficient (Wildman–Crippen LogP) is -0.0733. The number of aromatic nitrogens is 3. The first-order valence-corrected chi connectivity index (χ1v) is 7.15. The molecule has 1 aromatic heterocycles. The second-order valence-electron chi connectivity index (χ2n) is 5.52. The van der Waals surface area contributed by atoms with Gasteiger partial charge in [0.05, 0.1) is 11.9 Å². The molecule has 1 aliphatic heterocycles. The maximum absolute atomic E-state index is 11.9. The van der Waals surface area contributed by atoms with E-state index >= 15 is 0 Å². The van der Waals surface area contributed by atoms with Crippen molar-refractivity contribution >= 4 is 11.8 Å². The Bertz CT molecular complexity index is 509. The fourth-order valence-corrected chi connectivity index (χ4v) is 2.36. The Labute approximate surface area is 117 Å². The smallest absolute Gasteiger partial charge is 0.250 e. The van der Waals surface area contributed by atoms with Crippen LogP contribution in [0.5, 0.6) is 0 Å². The standard InChI is InChI=1S/C13H19N5O2/c19-12-2-1-5-18(12)13(20)9-17-8-11(15-16-17)7-14-6-10-3-4-10/h8,10,14H,1-7,9H2. The zero-order chi connectivity index (χ0) is 13.9. The lowest BCUT2D eigenvalue weighted by Gasteiger charge is -2.12. The molecule has 1 aromatic rings. The molecule has 1 N–H and O–H groups in total. The number of hydrogen-bond donors (Lipinski definition) is 1. The summed E-state index contributed by atoms with van der Waals surface area (Å²) in [5.74, 6) is 0.545. The average Bonchev–Trinajstić information content (AvgIpc) is 2.97. The molecule has 0 unspecified atom stereocenters. The van der Waals surface area contributed by atoms with Gasteiger partial charge in [-0.05, 0) is 31.7 Å². The van der Waals surface area contributed by atoms with Crippen LogP contribution in [0.25, 0.3) is 0 Å². The van der Waals surface area contributed by atoms with Crippen molar-refractivity contribution in [2.75, 3.05) is 13.1 Å². The van der Waals surface area contributed by atoms with E-state index in [0.29, 0.717) is 19.5 Å². The van der Waals surface area contributed by atoms with Crippen LogP contribution in [0.3, 0.4) is 0 Å². The van der Waals surface area contributed by atoms with Crippen molar-refractivity contribution in [3.05, 3.63) is 11.9 Å². The summed E-state index contributed by atoms with van der Waals surface area (Å²) < 4.78 is 1.50. The molecule has 0 radical (unpaired) electrons. The van der Waals surface area contributed by atoms with Crippen LogP contribution in [0.1, 0.15) is 31.4 Å². The van der Waals surface area contributed by atoms with Crippen LogP contribution in [-0.4, -0.2) is 44.8 Å². The van der Waals surface area contributed by atoms with Crippen LogP contribution < -0.4 is 5.32 Å². The highest BCUT2D eigenvalue weighted by Crippen LogP contribution is 2.27. The van der Waals surface area contributed by atoms with E-state index in [-0.39, 0.29) is 18.4 Å². The summed E-state index contributed by atoms with van der Waals surface area (Å²) in [7, 11) is 0. The number of carbonyl (C=O) groups is 2. The van der Waals surface area contributed by atoms with Crippen LogP contribution in [-0.2, 0) is 22.7 Å².